The van der Waals surface area contributed by atoms with E-state index in [2.05, 4.69) is 10.3 Å². The van der Waals surface area contributed by atoms with Crippen LogP contribution < -0.4 is 11.1 Å². The Bertz CT molecular complexity index is 1590. The molecule has 0 radical (unpaired) electrons. The average molecular weight is 606 g/mol. The monoisotopic (exact) mass is 605 g/mol. The van der Waals surface area contributed by atoms with Gasteiger partial charge in [0, 0.05) is 36.7 Å². The SMILES string of the molecule is Cc1cc(C(=O)N(C)CC(N)=O)cc(C)c1/C=C/S(=O)(=O)N1CCC2(CC1)N=C(c1cccc(C(F)(F)F)c1)NC2=O. The zero-order chi connectivity index (χ0) is 31.0. The summed E-state index contributed by atoms with van der Waals surface area (Å²) >= 11 is 0. The summed E-state index contributed by atoms with van der Waals surface area (Å²) in [5.41, 5.74) is 5.37. The molecule has 42 heavy (non-hydrogen) atoms. The Kier molecular flexibility index (Phi) is 8.33. The summed E-state index contributed by atoms with van der Waals surface area (Å²) < 4.78 is 66.9. The van der Waals surface area contributed by atoms with E-state index in [0.29, 0.717) is 22.3 Å². The third kappa shape index (κ3) is 6.39. The summed E-state index contributed by atoms with van der Waals surface area (Å²) in [5.74, 6) is -1.51. The molecule has 2 aromatic rings. The molecule has 1 fully saturated rings. The highest BCUT2D eigenvalue weighted by Gasteiger charge is 2.47. The van der Waals surface area contributed by atoms with Crippen LogP contribution in [-0.2, 0) is 25.8 Å². The molecule has 0 aliphatic carbocycles. The fraction of sp³-hybridized carbons (Fsp3) is 0.357. The number of aliphatic imine (C=N–C) groups is 1. The molecule has 1 saturated heterocycles. The van der Waals surface area contributed by atoms with Gasteiger partial charge in [0.2, 0.25) is 15.9 Å². The van der Waals surface area contributed by atoms with Crippen LogP contribution in [0.25, 0.3) is 6.08 Å². The van der Waals surface area contributed by atoms with Gasteiger partial charge in [-0.1, -0.05) is 12.1 Å². The van der Waals surface area contributed by atoms with Gasteiger partial charge in [-0.25, -0.2) is 8.42 Å². The van der Waals surface area contributed by atoms with E-state index in [1.165, 1.54) is 34.5 Å². The number of likely N-dealkylation sites (N-methyl/N-ethyl adjacent to an activating group) is 1. The number of carbonyl (C=O) groups excluding carboxylic acids is 3. The molecule has 224 valence electrons. The van der Waals surface area contributed by atoms with Crippen molar-refractivity contribution in [1.82, 2.24) is 14.5 Å². The Morgan fingerprint density at radius 3 is 2.33 bits per heavy atom. The molecule has 0 bridgehead atoms. The molecule has 0 aromatic heterocycles. The summed E-state index contributed by atoms with van der Waals surface area (Å²) in [6.45, 7) is 3.18. The molecule has 3 amide bonds. The number of benzene rings is 2. The van der Waals surface area contributed by atoms with E-state index in [4.69, 9.17) is 5.73 Å². The highest BCUT2D eigenvalue weighted by Crippen LogP contribution is 2.34. The predicted molar refractivity (Wildman–Crippen MR) is 150 cm³/mol. The fourth-order valence-corrected chi connectivity index (χ4v) is 6.24. The first-order valence-corrected chi connectivity index (χ1v) is 14.4. The number of rotatable bonds is 7. The summed E-state index contributed by atoms with van der Waals surface area (Å²) in [4.78, 5) is 42.2. The number of nitrogens with two attached hydrogens (primary N) is 1. The van der Waals surface area contributed by atoms with Gasteiger partial charge in [-0.05, 0) is 73.7 Å². The van der Waals surface area contributed by atoms with E-state index in [0.717, 1.165) is 17.5 Å². The van der Waals surface area contributed by atoms with Crippen molar-refractivity contribution in [2.24, 2.45) is 10.7 Å². The lowest BCUT2D eigenvalue weighted by Gasteiger charge is -2.34. The van der Waals surface area contributed by atoms with E-state index in [1.807, 2.05) is 0 Å². The van der Waals surface area contributed by atoms with Crippen LogP contribution in [0, 0.1) is 13.8 Å². The average Bonchev–Trinajstić information content (AvgIpc) is 3.22. The van der Waals surface area contributed by atoms with Gasteiger partial charge in [-0.15, -0.1) is 0 Å². The first-order valence-electron chi connectivity index (χ1n) is 12.9. The standard InChI is InChI=1S/C28H30F3N5O5S/c1-17-13-20(25(38)35(3)16-23(32)37)14-18(2)22(17)7-12-42(40,41)36-10-8-27(9-11-36)26(39)33-24(34-27)19-5-4-6-21(15-19)28(29,30)31/h4-7,12-15H,8-11,16H2,1-3H3,(H2,32,37)(H,33,34,39)/b12-7+. The zero-order valence-electron chi connectivity index (χ0n) is 23.2. The second-order valence-electron chi connectivity index (χ2n) is 10.4. The molecule has 10 nitrogen and oxygen atoms in total. The molecule has 0 saturated carbocycles. The molecule has 0 unspecified atom stereocenters. The van der Waals surface area contributed by atoms with Crippen LogP contribution >= 0.6 is 0 Å². The topological polar surface area (TPSA) is 142 Å². The first kappa shape index (κ1) is 30.9. The number of amides is 3. The van der Waals surface area contributed by atoms with Crippen LogP contribution in [0.1, 0.15) is 51.0 Å². The van der Waals surface area contributed by atoms with Crippen molar-refractivity contribution < 1.29 is 36.0 Å². The number of halogens is 3. The minimum Gasteiger partial charge on any atom is -0.368 e. The Morgan fingerprint density at radius 1 is 1.14 bits per heavy atom. The number of carbonyl (C=O) groups is 3. The third-order valence-electron chi connectivity index (χ3n) is 7.34. The van der Waals surface area contributed by atoms with Gasteiger partial charge < -0.3 is 16.0 Å². The molecular formula is C28H30F3N5O5S. The fourth-order valence-electron chi connectivity index (χ4n) is 5.07. The summed E-state index contributed by atoms with van der Waals surface area (Å²) in [6, 6.07) is 7.69. The Hall–Kier alpha value is -4.04. The van der Waals surface area contributed by atoms with E-state index in [-0.39, 0.29) is 43.9 Å². The van der Waals surface area contributed by atoms with Crippen LogP contribution in [0.3, 0.4) is 0 Å². The van der Waals surface area contributed by atoms with Crippen molar-refractivity contribution in [3.05, 3.63) is 75.2 Å². The van der Waals surface area contributed by atoms with Gasteiger partial charge in [-0.2, -0.15) is 17.5 Å². The highest BCUT2D eigenvalue weighted by atomic mass is 32.2. The van der Waals surface area contributed by atoms with Gasteiger partial charge in [0.15, 0.2) is 0 Å². The number of amidine groups is 1. The minimum absolute atomic E-state index is 0.0168. The molecule has 2 aliphatic heterocycles. The van der Waals surface area contributed by atoms with E-state index >= 15 is 0 Å². The van der Waals surface area contributed by atoms with E-state index < -0.39 is 45.0 Å². The van der Waals surface area contributed by atoms with Gasteiger partial charge in [0.1, 0.15) is 11.4 Å². The summed E-state index contributed by atoms with van der Waals surface area (Å²) in [7, 11) is -2.45. The van der Waals surface area contributed by atoms with Crippen LogP contribution in [0.15, 0.2) is 46.8 Å². The van der Waals surface area contributed by atoms with Gasteiger partial charge in [0.05, 0.1) is 12.1 Å². The first-order chi connectivity index (χ1) is 19.5. The number of piperidine rings is 1. The Balaban J connectivity index is 1.47. The largest absolute Gasteiger partial charge is 0.416 e. The number of hydrogen-bond donors (Lipinski definition) is 2. The van der Waals surface area contributed by atoms with Crippen molar-refractivity contribution in [2.45, 2.75) is 38.4 Å². The van der Waals surface area contributed by atoms with Crippen molar-refractivity contribution in [1.29, 1.82) is 0 Å². The zero-order valence-corrected chi connectivity index (χ0v) is 24.0. The van der Waals surface area contributed by atoms with Crippen LogP contribution in [0.2, 0.25) is 0 Å². The van der Waals surface area contributed by atoms with Gasteiger partial charge in [0.25, 0.3) is 11.8 Å². The smallest absolute Gasteiger partial charge is 0.368 e. The summed E-state index contributed by atoms with van der Waals surface area (Å²) in [6.07, 6.45) is -2.99. The van der Waals surface area contributed by atoms with Crippen molar-refractivity contribution in [2.75, 3.05) is 26.7 Å². The second kappa shape index (κ2) is 11.3. The number of primary amides is 1. The normalized spacial score (nSPS) is 17.4. The second-order valence-corrected chi connectivity index (χ2v) is 12.2. The summed E-state index contributed by atoms with van der Waals surface area (Å²) in [5, 5.41) is 3.63. The molecule has 1 spiro atoms. The van der Waals surface area contributed by atoms with Crippen LogP contribution in [0.5, 0.6) is 0 Å². The minimum atomic E-state index is -4.55. The number of nitrogens with one attached hydrogen (secondary N) is 1. The van der Waals surface area contributed by atoms with Crippen molar-refractivity contribution in [3.63, 3.8) is 0 Å². The number of alkyl halides is 3. The molecular weight excluding hydrogens is 575 g/mol. The van der Waals surface area contributed by atoms with Gasteiger partial charge in [-0.3, -0.25) is 19.4 Å². The number of hydrogen-bond acceptors (Lipinski definition) is 6. The molecule has 4 rings (SSSR count). The number of aryl methyl sites for hydroxylation is 2. The number of nitrogens with zero attached hydrogens (tertiary/aromatic N) is 3. The Morgan fingerprint density at radius 2 is 1.76 bits per heavy atom. The molecule has 3 N–H and O–H groups in total. The molecule has 2 aromatic carbocycles. The van der Waals surface area contributed by atoms with Crippen molar-refractivity contribution >= 4 is 39.7 Å². The third-order valence-corrected chi connectivity index (χ3v) is 8.91. The van der Waals surface area contributed by atoms with Gasteiger partial charge >= 0.3 is 6.18 Å². The Labute approximate surface area is 241 Å². The maximum Gasteiger partial charge on any atom is 0.416 e. The van der Waals surface area contributed by atoms with E-state index in [9.17, 15) is 36.0 Å². The lowest BCUT2D eigenvalue weighted by Crippen LogP contribution is -2.50. The van der Waals surface area contributed by atoms with Crippen LogP contribution in [-0.4, -0.2) is 73.4 Å². The van der Waals surface area contributed by atoms with Crippen LogP contribution in [0.4, 0.5) is 13.2 Å². The van der Waals surface area contributed by atoms with E-state index in [1.54, 1.807) is 26.0 Å². The predicted octanol–water partition coefficient (Wildman–Crippen LogP) is 2.59. The molecule has 2 aliphatic rings. The maximum absolute atomic E-state index is 13.1. The molecule has 2 heterocycles. The quantitative estimate of drug-likeness (QED) is 0.499. The van der Waals surface area contributed by atoms with Crippen molar-refractivity contribution in [3.8, 4) is 0 Å². The highest BCUT2D eigenvalue weighted by molar-refractivity contribution is 7.92. The lowest BCUT2D eigenvalue weighted by atomic mass is 9.89. The molecule has 0 atom stereocenters. The lowest BCUT2D eigenvalue weighted by molar-refractivity contribution is -0.137. The number of sulfonamides is 1. The molecule has 14 heteroatoms. The maximum atomic E-state index is 13.1.